The van der Waals surface area contributed by atoms with E-state index in [-0.39, 0.29) is 23.3 Å². The average Bonchev–Trinajstić information content (AvgIpc) is 3.22. The minimum atomic E-state index is -4.40. The molecule has 0 aliphatic heterocycles. The number of rotatable bonds is 4. The van der Waals surface area contributed by atoms with Gasteiger partial charge in [0.2, 0.25) is 5.91 Å². The maximum atomic E-state index is 13.1. The molecule has 1 aliphatic rings. The van der Waals surface area contributed by atoms with Gasteiger partial charge < -0.3 is 4.90 Å². The Morgan fingerprint density at radius 3 is 2.62 bits per heavy atom. The van der Waals surface area contributed by atoms with E-state index in [4.69, 9.17) is 11.6 Å². The van der Waals surface area contributed by atoms with Crippen LogP contribution >= 0.6 is 22.9 Å². The van der Waals surface area contributed by atoms with Crippen LogP contribution in [0.15, 0.2) is 36.4 Å². The smallest absolute Gasteiger partial charge is 0.340 e. The third kappa shape index (κ3) is 3.59. The molecular weight excluding hydrogens is 359 g/mol. The summed E-state index contributed by atoms with van der Waals surface area (Å²) in [5.41, 5.74) is -0.422. The molecule has 1 aliphatic carbocycles. The van der Waals surface area contributed by atoms with Gasteiger partial charge in [0, 0.05) is 17.8 Å². The average molecular weight is 374 g/mol. The second-order valence-electron chi connectivity index (χ2n) is 5.93. The first-order valence-corrected chi connectivity index (χ1v) is 8.62. The van der Waals surface area contributed by atoms with E-state index in [2.05, 4.69) is 0 Å². The highest BCUT2D eigenvalue weighted by Gasteiger charge is 2.48. The maximum Gasteiger partial charge on any atom is 0.416 e. The van der Waals surface area contributed by atoms with Crippen LogP contribution in [0, 0.1) is 5.92 Å². The molecule has 0 radical (unpaired) electrons. The zero-order chi connectivity index (χ0) is 17.5. The zero-order valence-corrected chi connectivity index (χ0v) is 14.4. The molecule has 1 saturated carbocycles. The lowest BCUT2D eigenvalue weighted by atomic mass is 10.0. The van der Waals surface area contributed by atoms with Crippen molar-refractivity contribution in [2.75, 3.05) is 7.05 Å². The third-order valence-electron chi connectivity index (χ3n) is 4.17. The number of carbonyl (C=O) groups excluding carboxylic acids is 1. The van der Waals surface area contributed by atoms with E-state index in [0.717, 1.165) is 10.9 Å². The number of amides is 1. The summed E-state index contributed by atoms with van der Waals surface area (Å²) in [6, 6.07) is 9.12. The lowest BCUT2D eigenvalue weighted by molar-refractivity contribution is -0.138. The van der Waals surface area contributed by atoms with E-state index in [1.807, 2.05) is 6.07 Å². The maximum absolute atomic E-state index is 13.1. The largest absolute Gasteiger partial charge is 0.416 e. The number of carbonyl (C=O) groups is 1. The van der Waals surface area contributed by atoms with E-state index in [1.54, 1.807) is 24.1 Å². The van der Waals surface area contributed by atoms with Crippen LogP contribution in [0.5, 0.6) is 0 Å². The molecule has 1 aromatic carbocycles. The Morgan fingerprint density at radius 2 is 2.00 bits per heavy atom. The van der Waals surface area contributed by atoms with E-state index in [9.17, 15) is 18.0 Å². The molecule has 128 valence electrons. The van der Waals surface area contributed by atoms with E-state index in [1.165, 1.54) is 23.5 Å². The second kappa shape index (κ2) is 6.41. The number of hydrogen-bond acceptors (Lipinski definition) is 2. The Balaban J connectivity index is 1.70. The summed E-state index contributed by atoms with van der Waals surface area (Å²) in [6.45, 7) is 0.417. The van der Waals surface area contributed by atoms with Gasteiger partial charge in [-0.25, -0.2) is 0 Å². The highest BCUT2D eigenvalue weighted by Crippen LogP contribution is 2.51. The van der Waals surface area contributed by atoms with Crippen molar-refractivity contribution in [3.63, 3.8) is 0 Å². The minimum absolute atomic E-state index is 0.124. The summed E-state index contributed by atoms with van der Waals surface area (Å²) >= 11 is 7.26. The summed E-state index contributed by atoms with van der Waals surface area (Å²) in [4.78, 5) is 15.0. The van der Waals surface area contributed by atoms with Crippen molar-refractivity contribution in [1.29, 1.82) is 0 Å². The first-order valence-electron chi connectivity index (χ1n) is 7.42. The Hall–Kier alpha value is -1.53. The molecular formula is C17H15ClF3NOS. The Morgan fingerprint density at radius 1 is 1.29 bits per heavy atom. The van der Waals surface area contributed by atoms with Crippen LogP contribution in [-0.2, 0) is 17.5 Å². The Kier molecular flexibility index (Phi) is 4.62. The molecule has 1 fully saturated rings. The number of halogens is 4. The predicted molar refractivity (Wildman–Crippen MR) is 88.1 cm³/mol. The summed E-state index contributed by atoms with van der Waals surface area (Å²) in [5, 5.41) is 0. The van der Waals surface area contributed by atoms with E-state index >= 15 is 0 Å². The fourth-order valence-corrected chi connectivity index (χ4v) is 4.06. The molecule has 2 nitrogen and oxygen atoms in total. The van der Waals surface area contributed by atoms with Crippen LogP contribution in [0.3, 0.4) is 0 Å². The van der Waals surface area contributed by atoms with Crippen molar-refractivity contribution in [2.45, 2.75) is 25.1 Å². The van der Waals surface area contributed by atoms with Gasteiger partial charge in [-0.2, -0.15) is 13.2 Å². The van der Waals surface area contributed by atoms with Crippen LogP contribution in [-0.4, -0.2) is 17.9 Å². The number of benzene rings is 1. The molecule has 2 unspecified atom stereocenters. The molecule has 2 aromatic rings. The molecule has 0 N–H and O–H groups in total. The third-order valence-corrected chi connectivity index (χ3v) is 5.39. The molecule has 0 bridgehead atoms. The second-order valence-corrected chi connectivity index (χ2v) is 7.73. The monoisotopic (exact) mass is 373 g/mol. The number of nitrogens with zero attached hydrogens (tertiary/aromatic N) is 1. The van der Waals surface area contributed by atoms with Crippen LogP contribution < -0.4 is 0 Å². The van der Waals surface area contributed by atoms with Crippen molar-refractivity contribution in [2.24, 2.45) is 5.92 Å². The van der Waals surface area contributed by atoms with Gasteiger partial charge in [0.05, 0.1) is 16.4 Å². The SMILES string of the molecule is CN(Cc1ccc(Cl)s1)C(=O)C1CC1c1ccccc1C(F)(F)F. The van der Waals surface area contributed by atoms with Gasteiger partial charge in [0.25, 0.3) is 0 Å². The number of alkyl halides is 3. The summed E-state index contributed by atoms with van der Waals surface area (Å²) in [6.07, 6.45) is -3.94. The first-order chi connectivity index (χ1) is 11.3. The molecule has 24 heavy (non-hydrogen) atoms. The standard InChI is InChI=1S/C17H15ClF3NOS/c1-22(9-10-6-7-15(18)24-10)16(23)13-8-12(13)11-4-2-3-5-14(11)17(19,20)21/h2-7,12-13H,8-9H2,1H3. The van der Waals surface area contributed by atoms with Crippen molar-refractivity contribution < 1.29 is 18.0 Å². The van der Waals surface area contributed by atoms with Crippen molar-refractivity contribution in [1.82, 2.24) is 4.90 Å². The van der Waals surface area contributed by atoms with Crippen LogP contribution in [0.25, 0.3) is 0 Å². The van der Waals surface area contributed by atoms with Gasteiger partial charge >= 0.3 is 6.18 Å². The molecule has 3 rings (SSSR count). The van der Waals surface area contributed by atoms with Crippen molar-refractivity contribution in [3.05, 3.63) is 56.7 Å². The molecule has 2 atom stereocenters. The number of hydrogen-bond donors (Lipinski definition) is 0. The molecule has 1 heterocycles. The lowest BCUT2D eigenvalue weighted by Crippen LogP contribution is -2.27. The fraction of sp³-hybridized carbons (Fsp3) is 0.353. The first kappa shape index (κ1) is 17.3. The summed E-state index contributed by atoms with van der Waals surface area (Å²) < 4.78 is 40.0. The summed E-state index contributed by atoms with van der Waals surface area (Å²) in [5.74, 6) is -0.861. The lowest BCUT2D eigenvalue weighted by Gasteiger charge is -2.17. The van der Waals surface area contributed by atoms with Gasteiger partial charge in [0.1, 0.15) is 0 Å². The molecule has 0 saturated heterocycles. The van der Waals surface area contributed by atoms with Crippen LogP contribution in [0.1, 0.15) is 28.3 Å². The predicted octanol–water partition coefficient (Wildman–Crippen LogP) is 5.18. The number of thiophene rings is 1. The van der Waals surface area contributed by atoms with Crippen LogP contribution in [0.4, 0.5) is 13.2 Å². The quantitative estimate of drug-likeness (QED) is 0.722. The Labute approximate surface area is 146 Å². The normalized spacial score (nSPS) is 20.0. The summed E-state index contributed by atoms with van der Waals surface area (Å²) in [7, 11) is 1.67. The highest BCUT2D eigenvalue weighted by atomic mass is 35.5. The van der Waals surface area contributed by atoms with Crippen molar-refractivity contribution in [3.8, 4) is 0 Å². The topological polar surface area (TPSA) is 20.3 Å². The van der Waals surface area contributed by atoms with Gasteiger partial charge in [-0.3, -0.25) is 4.79 Å². The van der Waals surface area contributed by atoms with Crippen molar-refractivity contribution >= 4 is 28.8 Å². The van der Waals surface area contributed by atoms with Gasteiger partial charge in [-0.15, -0.1) is 11.3 Å². The van der Waals surface area contributed by atoms with E-state index in [0.29, 0.717) is 17.3 Å². The highest BCUT2D eigenvalue weighted by molar-refractivity contribution is 7.16. The van der Waals surface area contributed by atoms with Crippen LogP contribution in [0.2, 0.25) is 4.34 Å². The fourth-order valence-electron chi connectivity index (χ4n) is 2.92. The zero-order valence-electron chi connectivity index (χ0n) is 12.8. The molecule has 1 aromatic heterocycles. The molecule has 1 amide bonds. The van der Waals surface area contributed by atoms with Gasteiger partial charge in [-0.05, 0) is 36.1 Å². The molecule has 7 heteroatoms. The van der Waals surface area contributed by atoms with Gasteiger partial charge in [-0.1, -0.05) is 29.8 Å². The van der Waals surface area contributed by atoms with Gasteiger partial charge in [0.15, 0.2) is 0 Å². The minimum Gasteiger partial charge on any atom is -0.340 e. The Bertz CT molecular complexity index is 758. The van der Waals surface area contributed by atoms with E-state index < -0.39 is 11.7 Å². The molecule has 0 spiro atoms.